The summed E-state index contributed by atoms with van der Waals surface area (Å²) in [6.07, 6.45) is 0.455. The highest BCUT2D eigenvalue weighted by molar-refractivity contribution is 6.31. The lowest BCUT2D eigenvalue weighted by Crippen LogP contribution is -2.46. The molecule has 3 heterocycles. The average Bonchev–Trinajstić information content (AvgIpc) is 2.76. The van der Waals surface area contributed by atoms with Gasteiger partial charge in [-0.25, -0.2) is 8.78 Å². The van der Waals surface area contributed by atoms with Gasteiger partial charge in [0.2, 0.25) is 5.56 Å². The fourth-order valence-electron chi connectivity index (χ4n) is 4.10. The number of amides is 1. The van der Waals surface area contributed by atoms with Crippen molar-refractivity contribution in [2.75, 3.05) is 23.0 Å². The highest BCUT2D eigenvalue weighted by Crippen LogP contribution is 2.40. The molecule has 0 saturated carbocycles. The van der Waals surface area contributed by atoms with Crippen LogP contribution in [0, 0.1) is 11.6 Å². The summed E-state index contributed by atoms with van der Waals surface area (Å²) in [5.41, 5.74) is 2.75. The zero-order valence-electron chi connectivity index (χ0n) is 16.2. The molecule has 0 fully saturated rings. The number of H-pyrrole nitrogens is 1. The fraction of sp³-hybridized carbons (Fsp3) is 0.182. The second-order valence-electron chi connectivity index (χ2n) is 7.47. The molecule has 2 N–H and O–H groups in total. The zero-order chi connectivity index (χ0) is 21.7. The second-order valence-corrected chi connectivity index (χ2v) is 7.88. The lowest BCUT2D eigenvalue weighted by molar-refractivity contribution is 0.0983. The maximum absolute atomic E-state index is 14.4. The first-order valence-electron chi connectivity index (χ1n) is 9.72. The van der Waals surface area contributed by atoms with Crippen LogP contribution in [0.2, 0.25) is 5.02 Å². The molecule has 0 saturated heterocycles. The van der Waals surface area contributed by atoms with Crippen LogP contribution in [0.4, 0.5) is 25.8 Å². The van der Waals surface area contributed by atoms with E-state index in [0.29, 0.717) is 47.8 Å². The number of benzene rings is 2. The molecule has 1 aromatic heterocycles. The van der Waals surface area contributed by atoms with Crippen molar-refractivity contribution in [3.05, 3.63) is 86.3 Å². The number of halogens is 3. The Morgan fingerprint density at radius 2 is 1.74 bits per heavy atom. The standard InChI is InChI=1S/C22H17ClF2N4O2/c23-15-8-14-20(9-16(15)25)28-11-29(22(14)31)19-3-4-21(30)27-17(19)5-6-26-10-12-7-13(24)1-2-18(12)28/h1-4,7-9,26H,5-6,10-11H2,(H,27,30). The first kappa shape index (κ1) is 19.7. The molecule has 6 nitrogen and oxygen atoms in total. The van der Waals surface area contributed by atoms with Gasteiger partial charge in [0.05, 0.1) is 22.0 Å². The van der Waals surface area contributed by atoms with Crippen molar-refractivity contribution in [1.82, 2.24) is 10.3 Å². The predicted octanol–water partition coefficient (Wildman–Crippen LogP) is 3.71. The first-order valence-corrected chi connectivity index (χ1v) is 10.1. The van der Waals surface area contributed by atoms with Gasteiger partial charge in [-0.3, -0.25) is 14.5 Å². The van der Waals surface area contributed by atoms with Crippen LogP contribution in [0.3, 0.4) is 0 Å². The number of carbonyl (C=O) groups is 1. The second kappa shape index (κ2) is 7.47. The van der Waals surface area contributed by atoms with E-state index >= 15 is 0 Å². The number of carbonyl (C=O) groups excluding carboxylic acids is 1. The van der Waals surface area contributed by atoms with Crippen LogP contribution in [-0.4, -0.2) is 24.1 Å². The number of fused-ring (bicyclic) bond motifs is 8. The van der Waals surface area contributed by atoms with Crippen molar-refractivity contribution in [3.63, 3.8) is 0 Å². The van der Waals surface area contributed by atoms with Gasteiger partial charge in [0.15, 0.2) is 0 Å². The van der Waals surface area contributed by atoms with Crippen LogP contribution < -0.4 is 20.7 Å². The van der Waals surface area contributed by atoms with Gasteiger partial charge in [-0.05, 0) is 42.0 Å². The molecule has 2 bridgehead atoms. The molecular formula is C22H17ClF2N4O2. The van der Waals surface area contributed by atoms with Gasteiger partial charge in [0.25, 0.3) is 5.91 Å². The molecule has 0 aliphatic carbocycles. The molecule has 9 heteroatoms. The molecule has 2 aromatic carbocycles. The molecule has 5 rings (SSSR count). The summed E-state index contributed by atoms with van der Waals surface area (Å²) in [7, 11) is 0. The molecule has 2 aliphatic heterocycles. The highest BCUT2D eigenvalue weighted by Gasteiger charge is 2.34. The Kier molecular flexibility index (Phi) is 4.75. The summed E-state index contributed by atoms with van der Waals surface area (Å²) in [5, 5.41) is 3.08. The van der Waals surface area contributed by atoms with E-state index < -0.39 is 11.6 Å². The Morgan fingerprint density at radius 1 is 0.935 bits per heavy atom. The van der Waals surface area contributed by atoms with Crippen LogP contribution >= 0.6 is 11.6 Å². The normalized spacial score (nSPS) is 15.6. The van der Waals surface area contributed by atoms with E-state index in [1.807, 2.05) is 0 Å². The molecule has 0 unspecified atom stereocenters. The minimum Gasteiger partial charge on any atom is -0.324 e. The SMILES string of the molecule is O=C1c2cc(Cl)c(F)cc2N2CN1c1ccc(=O)[nH]c1CCNCc1cc(F)ccc12. The van der Waals surface area contributed by atoms with Gasteiger partial charge in [0, 0.05) is 37.0 Å². The first-order chi connectivity index (χ1) is 14.9. The monoisotopic (exact) mass is 442 g/mol. The van der Waals surface area contributed by atoms with Crippen LogP contribution in [0.25, 0.3) is 0 Å². The topological polar surface area (TPSA) is 68.4 Å². The van der Waals surface area contributed by atoms with Crippen LogP contribution in [0.5, 0.6) is 0 Å². The number of hydrogen-bond donors (Lipinski definition) is 2. The molecule has 1 amide bonds. The van der Waals surface area contributed by atoms with Crippen molar-refractivity contribution >= 4 is 34.6 Å². The van der Waals surface area contributed by atoms with Gasteiger partial charge in [-0.1, -0.05) is 11.6 Å². The van der Waals surface area contributed by atoms with Crippen LogP contribution in [0.1, 0.15) is 21.6 Å². The summed E-state index contributed by atoms with van der Waals surface area (Å²) >= 11 is 6.00. The molecule has 3 aromatic rings. The third-order valence-electron chi connectivity index (χ3n) is 5.55. The van der Waals surface area contributed by atoms with E-state index in [1.165, 1.54) is 35.2 Å². The highest BCUT2D eigenvalue weighted by atomic mass is 35.5. The van der Waals surface area contributed by atoms with E-state index in [-0.39, 0.29) is 28.7 Å². The van der Waals surface area contributed by atoms with Gasteiger partial charge in [-0.15, -0.1) is 0 Å². The lowest BCUT2D eigenvalue weighted by atomic mass is 10.0. The van der Waals surface area contributed by atoms with Crippen LogP contribution in [0.15, 0.2) is 47.3 Å². The summed E-state index contributed by atoms with van der Waals surface area (Å²) in [6, 6.07) is 9.85. The summed E-state index contributed by atoms with van der Waals surface area (Å²) < 4.78 is 28.4. The van der Waals surface area contributed by atoms with Gasteiger partial charge in [0.1, 0.15) is 18.3 Å². The quantitative estimate of drug-likeness (QED) is 0.557. The van der Waals surface area contributed by atoms with Crippen molar-refractivity contribution in [3.8, 4) is 0 Å². The number of nitrogens with zero attached hydrogens (tertiary/aromatic N) is 2. The molecule has 0 radical (unpaired) electrons. The Morgan fingerprint density at radius 3 is 2.58 bits per heavy atom. The van der Waals surface area contributed by atoms with E-state index in [9.17, 15) is 18.4 Å². The van der Waals surface area contributed by atoms with Crippen molar-refractivity contribution in [2.24, 2.45) is 0 Å². The minimum absolute atomic E-state index is 0.0601. The minimum atomic E-state index is -0.650. The predicted molar refractivity (Wildman–Crippen MR) is 114 cm³/mol. The number of aromatic nitrogens is 1. The number of aromatic amines is 1. The Hall–Kier alpha value is -3.23. The van der Waals surface area contributed by atoms with Crippen LogP contribution in [-0.2, 0) is 13.0 Å². The van der Waals surface area contributed by atoms with E-state index in [4.69, 9.17) is 11.6 Å². The summed E-state index contributed by atoms with van der Waals surface area (Å²) in [6.45, 7) is 0.915. The van der Waals surface area contributed by atoms with Crippen molar-refractivity contribution < 1.29 is 13.6 Å². The summed E-state index contributed by atoms with van der Waals surface area (Å²) in [5.74, 6) is -1.41. The van der Waals surface area contributed by atoms with E-state index in [2.05, 4.69) is 10.3 Å². The largest absolute Gasteiger partial charge is 0.324 e. The molecule has 0 atom stereocenters. The number of hydrogen-bond acceptors (Lipinski definition) is 4. The van der Waals surface area contributed by atoms with Gasteiger partial charge in [-0.2, -0.15) is 0 Å². The van der Waals surface area contributed by atoms with Gasteiger partial charge >= 0.3 is 0 Å². The molecule has 31 heavy (non-hydrogen) atoms. The Balaban J connectivity index is 1.78. The Labute approximate surface area is 181 Å². The third-order valence-corrected chi connectivity index (χ3v) is 5.84. The molecule has 2 aliphatic rings. The summed E-state index contributed by atoms with van der Waals surface area (Å²) in [4.78, 5) is 31.4. The average molecular weight is 443 g/mol. The maximum Gasteiger partial charge on any atom is 0.262 e. The van der Waals surface area contributed by atoms with Gasteiger partial charge < -0.3 is 15.2 Å². The van der Waals surface area contributed by atoms with Crippen molar-refractivity contribution in [2.45, 2.75) is 13.0 Å². The lowest BCUT2D eigenvalue weighted by Gasteiger charge is -2.39. The number of rotatable bonds is 0. The molecule has 158 valence electrons. The number of nitrogens with one attached hydrogen (secondary N) is 2. The fourth-order valence-corrected chi connectivity index (χ4v) is 4.26. The van der Waals surface area contributed by atoms with E-state index in [0.717, 1.165) is 0 Å². The smallest absolute Gasteiger partial charge is 0.262 e. The van der Waals surface area contributed by atoms with Crippen molar-refractivity contribution in [1.29, 1.82) is 0 Å². The Bertz CT molecular complexity index is 1280. The maximum atomic E-state index is 14.4. The number of anilines is 3. The molecular weight excluding hydrogens is 426 g/mol. The van der Waals surface area contributed by atoms with E-state index in [1.54, 1.807) is 17.0 Å². The zero-order valence-corrected chi connectivity index (χ0v) is 17.0. The third kappa shape index (κ3) is 3.37. The number of pyridine rings is 1. The molecule has 0 spiro atoms.